The maximum absolute atomic E-state index is 12.6. The van der Waals surface area contributed by atoms with Gasteiger partial charge < -0.3 is 14.4 Å². The number of carbonyl (C=O) groups excluding carboxylic acids is 1. The summed E-state index contributed by atoms with van der Waals surface area (Å²) in [6, 6.07) is 0. The van der Waals surface area contributed by atoms with Crippen molar-refractivity contribution < 1.29 is 14.3 Å². The fourth-order valence-electron chi connectivity index (χ4n) is 2.87. The summed E-state index contributed by atoms with van der Waals surface area (Å²) in [5, 5.41) is 2.91. The molecule has 0 radical (unpaired) electrons. The van der Waals surface area contributed by atoms with Gasteiger partial charge in [-0.2, -0.15) is 0 Å². The third-order valence-electron chi connectivity index (χ3n) is 3.94. The van der Waals surface area contributed by atoms with E-state index in [0.717, 1.165) is 17.8 Å². The van der Waals surface area contributed by atoms with E-state index in [4.69, 9.17) is 9.47 Å². The Morgan fingerprint density at radius 3 is 3.10 bits per heavy atom. The van der Waals surface area contributed by atoms with Gasteiger partial charge in [0.1, 0.15) is 11.1 Å². The first-order valence-electron chi connectivity index (χ1n) is 7.15. The molecule has 5 nitrogen and oxygen atoms in total. The van der Waals surface area contributed by atoms with Gasteiger partial charge in [-0.25, -0.2) is 4.98 Å². The molecule has 2 aliphatic heterocycles. The zero-order valence-corrected chi connectivity index (χ0v) is 12.5. The zero-order chi connectivity index (χ0) is 13.9. The molecule has 3 atom stereocenters. The van der Waals surface area contributed by atoms with Crippen molar-refractivity contribution in [3.8, 4) is 0 Å². The predicted octanol–water partition coefficient (Wildman–Crippen LogP) is 1.86. The molecular formula is C14H20N2O3S. The van der Waals surface area contributed by atoms with Crippen LogP contribution in [0.5, 0.6) is 0 Å². The Morgan fingerprint density at radius 1 is 1.45 bits per heavy atom. The number of carbonyl (C=O) groups is 1. The van der Waals surface area contributed by atoms with Crippen molar-refractivity contribution in [2.75, 3.05) is 26.3 Å². The maximum atomic E-state index is 12.6. The molecule has 20 heavy (non-hydrogen) atoms. The summed E-state index contributed by atoms with van der Waals surface area (Å²) in [7, 11) is 0. The number of morpholine rings is 1. The van der Waals surface area contributed by atoms with E-state index in [-0.39, 0.29) is 24.0 Å². The van der Waals surface area contributed by atoms with Gasteiger partial charge in [0.05, 0.1) is 19.3 Å². The zero-order valence-electron chi connectivity index (χ0n) is 11.7. The highest BCUT2D eigenvalue weighted by Gasteiger charge is 2.33. The number of hydrogen-bond acceptors (Lipinski definition) is 5. The standard InChI is InChI=1S/C14H20N2O3S/c1-10-8-11(2-5-18-10)14(17)16-4-6-19-12(9-16)13-15-3-7-20-13/h3,7,10-12H,2,4-6,8-9H2,1H3. The first-order valence-corrected chi connectivity index (χ1v) is 8.03. The molecule has 3 heterocycles. The van der Waals surface area contributed by atoms with E-state index >= 15 is 0 Å². The van der Waals surface area contributed by atoms with Gasteiger partial charge in [-0.15, -0.1) is 11.3 Å². The van der Waals surface area contributed by atoms with Crippen LogP contribution in [-0.2, 0) is 14.3 Å². The molecule has 0 aliphatic carbocycles. The van der Waals surface area contributed by atoms with E-state index in [1.165, 1.54) is 0 Å². The average molecular weight is 296 g/mol. The van der Waals surface area contributed by atoms with Gasteiger partial charge in [-0.1, -0.05) is 0 Å². The van der Waals surface area contributed by atoms with E-state index < -0.39 is 0 Å². The van der Waals surface area contributed by atoms with Crippen LogP contribution < -0.4 is 0 Å². The van der Waals surface area contributed by atoms with Crippen LogP contribution in [0.1, 0.15) is 30.9 Å². The Bertz CT molecular complexity index is 451. The van der Waals surface area contributed by atoms with Gasteiger partial charge in [0, 0.05) is 30.6 Å². The molecule has 1 aromatic rings. The SMILES string of the molecule is CC1CC(C(=O)N2CCOC(c3nccs3)C2)CCO1. The van der Waals surface area contributed by atoms with Crippen LogP contribution in [0.25, 0.3) is 0 Å². The fraction of sp³-hybridized carbons (Fsp3) is 0.714. The predicted molar refractivity (Wildman–Crippen MR) is 75.5 cm³/mol. The molecule has 110 valence electrons. The number of nitrogens with zero attached hydrogens (tertiary/aromatic N) is 2. The first kappa shape index (κ1) is 14.0. The molecule has 1 aromatic heterocycles. The third-order valence-corrected chi connectivity index (χ3v) is 4.81. The van der Waals surface area contributed by atoms with E-state index in [9.17, 15) is 4.79 Å². The molecule has 0 spiro atoms. The minimum Gasteiger partial charge on any atom is -0.378 e. The number of thiazole rings is 1. The summed E-state index contributed by atoms with van der Waals surface area (Å²) in [6.07, 6.45) is 3.57. The van der Waals surface area contributed by atoms with Gasteiger partial charge >= 0.3 is 0 Å². The second-order valence-electron chi connectivity index (χ2n) is 5.42. The summed E-state index contributed by atoms with van der Waals surface area (Å²) in [5.41, 5.74) is 0. The topological polar surface area (TPSA) is 51.7 Å². The van der Waals surface area contributed by atoms with Gasteiger partial charge in [0.15, 0.2) is 0 Å². The van der Waals surface area contributed by atoms with Crippen molar-refractivity contribution in [2.45, 2.75) is 32.0 Å². The van der Waals surface area contributed by atoms with Crippen LogP contribution in [0.3, 0.4) is 0 Å². The van der Waals surface area contributed by atoms with Crippen LogP contribution in [0.4, 0.5) is 0 Å². The largest absolute Gasteiger partial charge is 0.378 e. The lowest BCUT2D eigenvalue weighted by Crippen LogP contribution is -2.46. The monoisotopic (exact) mass is 296 g/mol. The summed E-state index contributed by atoms with van der Waals surface area (Å²) in [6.45, 7) is 4.63. The molecule has 0 N–H and O–H groups in total. The first-order chi connectivity index (χ1) is 9.74. The number of amides is 1. The lowest BCUT2D eigenvalue weighted by Gasteiger charge is -2.36. The molecule has 0 aromatic carbocycles. The average Bonchev–Trinajstić information content (AvgIpc) is 3.01. The van der Waals surface area contributed by atoms with E-state index in [0.29, 0.717) is 26.3 Å². The Hall–Kier alpha value is -0.980. The fourth-order valence-corrected chi connectivity index (χ4v) is 3.55. The van der Waals surface area contributed by atoms with Crippen LogP contribution >= 0.6 is 11.3 Å². The lowest BCUT2D eigenvalue weighted by atomic mass is 9.94. The molecule has 0 bridgehead atoms. The quantitative estimate of drug-likeness (QED) is 0.836. The van der Waals surface area contributed by atoms with Gasteiger partial charge in [0.25, 0.3) is 0 Å². The van der Waals surface area contributed by atoms with Crippen molar-refractivity contribution in [2.24, 2.45) is 5.92 Å². The number of hydrogen-bond donors (Lipinski definition) is 0. The number of ether oxygens (including phenoxy) is 2. The van der Waals surface area contributed by atoms with Crippen molar-refractivity contribution >= 4 is 17.2 Å². The smallest absolute Gasteiger partial charge is 0.226 e. The van der Waals surface area contributed by atoms with Crippen LogP contribution in [0.15, 0.2) is 11.6 Å². The summed E-state index contributed by atoms with van der Waals surface area (Å²) in [5.74, 6) is 0.360. The van der Waals surface area contributed by atoms with E-state index in [1.54, 1.807) is 17.5 Å². The lowest BCUT2D eigenvalue weighted by molar-refractivity contribution is -0.148. The second kappa shape index (κ2) is 6.20. The van der Waals surface area contributed by atoms with Crippen molar-refractivity contribution in [1.29, 1.82) is 0 Å². The van der Waals surface area contributed by atoms with Crippen molar-refractivity contribution in [3.05, 3.63) is 16.6 Å². The molecule has 3 rings (SSSR count). The van der Waals surface area contributed by atoms with Gasteiger partial charge in [0.2, 0.25) is 5.91 Å². The molecule has 6 heteroatoms. The molecule has 2 aliphatic rings. The summed E-state index contributed by atoms with van der Waals surface area (Å²) in [4.78, 5) is 18.8. The van der Waals surface area contributed by atoms with Crippen molar-refractivity contribution in [3.63, 3.8) is 0 Å². The Balaban J connectivity index is 1.63. The number of rotatable bonds is 2. The van der Waals surface area contributed by atoms with Gasteiger partial charge in [-0.3, -0.25) is 4.79 Å². The highest BCUT2D eigenvalue weighted by atomic mass is 32.1. The molecule has 0 saturated carbocycles. The van der Waals surface area contributed by atoms with Crippen molar-refractivity contribution in [1.82, 2.24) is 9.88 Å². The molecule has 3 unspecified atom stereocenters. The minimum atomic E-state index is -0.0648. The van der Waals surface area contributed by atoms with Crippen LogP contribution in [0, 0.1) is 5.92 Å². The molecular weight excluding hydrogens is 276 g/mol. The third kappa shape index (κ3) is 3.02. The second-order valence-corrected chi connectivity index (χ2v) is 6.34. The maximum Gasteiger partial charge on any atom is 0.226 e. The molecule has 2 saturated heterocycles. The van der Waals surface area contributed by atoms with Crippen LogP contribution in [-0.4, -0.2) is 48.2 Å². The highest BCUT2D eigenvalue weighted by molar-refractivity contribution is 7.09. The van der Waals surface area contributed by atoms with E-state index in [2.05, 4.69) is 4.98 Å². The van der Waals surface area contributed by atoms with Crippen LogP contribution in [0.2, 0.25) is 0 Å². The highest BCUT2D eigenvalue weighted by Crippen LogP contribution is 2.27. The Morgan fingerprint density at radius 2 is 2.35 bits per heavy atom. The molecule has 2 fully saturated rings. The Labute approximate surface area is 122 Å². The molecule has 1 amide bonds. The number of aromatic nitrogens is 1. The minimum absolute atomic E-state index is 0.0648. The van der Waals surface area contributed by atoms with E-state index in [1.807, 2.05) is 17.2 Å². The summed E-state index contributed by atoms with van der Waals surface area (Å²) >= 11 is 1.59. The Kier molecular flexibility index (Phi) is 4.33. The normalized spacial score (nSPS) is 31.2. The van der Waals surface area contributed by atoms with Gasteiger partial charge in [-0.05, 0) is 19.8 Å². The summed E-state index contributed by atoms with van der Waals surface area (Å²) < 4.78 is 11.3.